The molecule has 1 fully saturated rings. The van der Waals surface area contributed by atoms with Crippen LogP contribution in [-0.2, 0) is 21.4 Å². The number of ether oxygens (including phenoxy) is 1. The van der Waals surface area contributed by atoms with Crippen LogP contribution >= 0.6 is 0 Å². The lowest BCUT2D eigenvalue weighted by Gasteiger charge is -2.20. The van der Waals surface area contributed by atoms with E-state index >= 15 is 0 Å². The molecule has 2 aromatic carbocycles. The van der Waals surface area contributed by atoms with Crippen molar-refractivity contribution in [2.45, 2.75) is 17.0 Å². The fourth-order valence-electron chi connectivity index (χ4n) is 3.37. The standard InChI is InChI=1S/C21H18N4O6S/c1-31-15-5-4-14-11-25(18(26)17(14)10-15)12-21(19(27)23-20(28)24-21)9-8-13-2-6-16(7-3-13)32(22,29)30/h2-7,10-11,26H,12H2,1H3,(H2,22,29,30)(H2,23,24,27,28)/t21-/m1/s1. The summed E-state index contributed by atoms with van der Waals surface area (Å²) in [5.41, 5.74) is -1.26. The Morgan fingerprint density at radius 3 is 2.50 bits per heavy atom. The van der Waals surface area contributed by atoms with Gasteiger partial charge in [0.2, 0.25) is 15.6 Å². The maximum atomic E-state index is 12.6. The van der Waals surface area contributed by atoms with Crippen molar-refractivity contribution in [1.82, 2.24) is 15.2 Å². The minimum atomic E-state index is -3.85. The summed E-state index contributed by atoms with van der Waals surface area (Å²) in [6, 6.07) is 9.87. The van der Waals surface area contributed by atoms with E-state index in [1.54, 1.807) is 24.4 Å². The zero-order valence-corrected chi connectivity index (χ0v) is 17.6. The van der Waals surface area contributed by atoms with E-state index in [2.05, 4.69) is 22.5 Å². The number of rotatable bonds is 4. The number of amides is 3. The second-order valence-electron chi connectivity index (χ2n) is 7.17. The topological polar surface area (TPSA) is 153 Å². The number of nitrogens with zero attached hydrogens (tertiary/aromatic N) is 1. The van der Waals surface area contributed by atoms with E-state index in [4.69, 9.17) is 9.88 Å². The first kappa shape index (κ1) is 21.2. The van der Waals surface area contributed by atoms with E-state index in [1.807, 2.05) is 0 Å². The third-order valence-corrected chi connectivity index (χ3v) is 5.95. The highest BCUT2D eigenvalue weighted by atomic mass is 32.2. The van der Waals surface area contributed by atoms with E-state index < -0.39 is 27.5 Å². The Morgan fingerprint density at radius 2 is 1.91 bits per heavy atom. The molecule has 2 heterocycles. The molecular weight excluding hydrogens is 436 g/mol. The number of carbonyl (C=O) groups is 2. The number of primary sulfonamides is 1. The highest BCUT2D eigenvalue weighted by Crippen LogP contribution is 2.32. The van der Waals surface area contributed by atoms with Crippen molar-refractivity contribution in [3.05, 3.63) is 54.2 Å². The summed E-state index contributed by atoms with van der Waals surface area (Å²) in [6.07, 6.45) is 1.63. The first-order valence-corrected chi connectivity index (χ1v) is 10.8. The number of nitrogens with one attached hydrogen (secondary N) is 2. The Morgan fingerprint density at radius 1 is 1.19 bits per heavy atom. The Kier molecular flexibility index (Phi) is 5.04. The fourth-order valence-corrected chi connectivity index (χ4v) is 3.88. The van der Waals surface area contributed by atoms with Crippen molar-refractivity contribution in [3.8, 4) is 23.5 Å². The van der Waals surface area contributed by atoms with Crippen molar-refractivity contribution < 1.29 is 27.9 Å². The molecule has 10 nitrogen and oxygen atoms in total. The number of carbonyl (C=O) groups excluding carboxylic acids is 2. The number of fused-ring (bicyclic) bond motifs is 1. The SMILES string of the molecule is COc1ccc2cn(C[C@@]3(C#Cc4ccc(S(N)(=O)=O)cc4)NC(=O)NC3=O)c(O)c2c1. The van der Waals surface area contributed by atoms with E-state index in [1.165, 1.54) is 35.9 Å². The highest BCUT2D eigenvalue weighted by Gasteiger charge is 2.46. The van der Waals surface area contributed by atoms with Crippen LogP contribution in [0.3, 0.4) is 0 Å². The first-order chi connectivity index (χ1) is 15.1. The van der Waals surface area contributed by atoms with Gasteiger partial charge in [-0.3, -0.25) is 10.1 Å². The van der Waals surface area contributed by atoms with Gasteiger partial charge in [-0.15, -0.1) is 0 Å². The number of benzene rings is 2. The summed E-state index contributed by atoms with van der Waals surface area (Å²) in [4.78, 5) is 24.4. The Labute approximate surface area is 183 Å². The van der Waals surface area contributed by atoms with Crippen LogP contribution in [0.2, 0.25) is 0 Å². The molecule has 1 aliphatic heterocycles. The van der Waals surface area contributed by atoms with E-state index in [9.17, 15) is 23.1 Å². The number of sulfonamides is 1. The van der Waals surface area contributed by atoms with Crippen LogP contribution in [0.25, 0.3) is 10.8 Å². The van der Waals surface area contributed by atoms with Gasteiger partial charge in [-0.25, -0.2) is 18.4 Å². The number of imide groups is 1. The van der Waals surface area contributed by atoms with Gasteiger partial charge in [-0.1, -0.05) is 11.8 Å². The van der Waals surface area contributed by atoms with Gasteiger partial charge in [0.25, 0.3) is 5.91 Å². The quantitative estimate of drug-likeness (QED) is 0.335. The van der Waals surface area contributed by atoms with E-state index in [0.29, 0.717) is 22.1 Å². The lowest BCUT2D eigenvalue weighted by molar-refractivity contribution is -0.122. The molecule has 5 N–H and O–H groups in total. The molecule has 32 heavy (non-hydrogen) atoms. The second kappa shape index (κ2) is 7.60. The molecule has 4 rings (SSSR count). The molecule has 1 aliphatic rings. The fraction of sp³-hybridized carbons (Fsp3) is 0.143. The van der Waals surface area contributed by atoms with Gasteiger partial charge in [0, 0.05) is 22.5 Å². The zero-order valence-electron chi connectivity index (χ0n) is 16.7. The zero-order chi connectivity index (χ0) is 23.1. The molecule has 0 bridgehead atoms. The summed E-state index contributed by atoms with van der Waals surface area (Å²) in [7, 11) is -2.34. The van der Waals surface area contributed by atoms with Crippen LogP contribution < -0.4 is 20.5 Å². The summed E-state index contributed by atoms with van der Waals surface area (Å²) in [5.74, 6) is 5.29. The van der Waals surface area contributed by atoms with Crippen LogP contribution in [-0.4, -0.2) is 42.7 Å². The third-order valence-electron chi connectivity index (χ3n) is 5.02. The van der Waals surface area contributed by atoms with Crippen molar-refractivity contribution in [2.24, 2.45) is 5.14 Å². The molecular formula is C21H18N4O6S. The van der Waals surface area contributed by atoms with E-state index in [0.717, 1.165) is 0 Å². The summed E-state index contributed by atoms with van der Waals surface area (Å²) in [5, 5.41) is 21.7. The number of hydrogen-bond donors (Lipinski definition) is 4. The van der Waals surface area contributed by atoms with Gasteiger partial charge in [-0.05, 0) is 42.5 Å². The predicted molar refractivity (Wildman–Crippen MR) is 114 cm³/mol. The number of urea groups is 1. The van der Waals surface area contributed by atoms with Crippen molar-refractivity contribution in [1.29, 1.82) is 0 Å². The largest absolute Gasteiger partial charge is 0.497 e. The van der Waals surface area contributed by atoms with Gasteiger partial charge in [0.1, 0.15) is 5.75 Å². The van der Waals surface area contributed by atoms with Gasteiger partial charge >= 0.3 is 6.03 Å². The Balaban J connectivity index is 1.72. The maximum Gasteiger partial charge on any atom is 0.323 e. The lowest BCUT2D eigenvalue weighted by atomic mass is 10.00. The molecule has 11 heteroatoms. The van der Waals surface area contributed by atoms with Gasteiger partial charge in [0.15, 0.2) is 5.88 Å². The average molecular weight is 454 g/mol. The predicted octanol–water partition coefficient (Wildman–Crippen LogP) is 0.633. The minimum absolute atomic E-state index is 0.0796. The first-order valence-electron chi connectivity index (χ1n) is 9.27. The molecule has 3 aromatic rings. The van der Waals surface area contributed by atoms with Crippen molar-refractivity contribution in [3.63, 3.8) is 0 Å². The van der Waals surface area contributed by atoms with Crippen LogP contribution in [0, 0.1) is 11.8 Å². The molecule has 3 amide bonds. The number of aromatic hydroxyl groups is 1. The Hall–Kier alpha value is -4.01. The third kappa shape index (κ3) is 3.84. The smallest absolute Gasteiger partial charge is 0.323 e. The minimum Gasteiger partial charge on any atom is -0.497 e. The molecule has 0 radical (unpaired) electrons. The molecule has 0 saturated carbocycles. The molecule has 0 unspecified atom stereocenters. The highest BCUT2D eigenvalue weighted by molar-refractivity contribution is 7.89. The molecule has 0 spiro atoms. The van der Waals surface area contributed by atoms with Crippen LogP contribution in [0.1, 0.15) is 5.56 Å². The van der Waals surface area contributed by atoms with Crippen LogP contribution in [0.4, 0.5) is 4.79 Å². The van der Waals surface area contributed by atoms with Crippen molar-refractivity contribution in [2.75, 3.05) is 7.11 Å². The van der Waals surface area contributed by atoms with E-state index in [-0.39, 0.29) is 17.3 Å². The number of hydrogen-bond acceptors (Lipinski definition) is 6. The molecule has 164 valence electrons. The van der Waals surface area contributed by atoms with Gasteiger partial charge in [0.05, 0.1) is 18.6 Å². The van der Waals surface area contributed by atoms with Crippen molar-refractivity contribution >= 4 is 32.7 Å². The summed E-state index contributed by atoms with van der Waals surface area (Å²) >= 11 is 0. The van der Waals surface area contributed by atoms with Crippen LogP contribution in [0.15, 0.2) is 53.6 Å². The van der Waals surface area contributed by atoms with Gasteiger partial charge < -0.3 is 19.7 Å². The monoisotopic (exact) mass is 454 g/mol. The molecule has 0 aliphatic carbocycles. The molecule has 1 aromatic heterocycles. The van der Waals surface area contributed by atoms with Crippen LogP contribution in [0.5, 0.6) is 11.6 Å². The lowest BCUT2D eigenvalue weighted by Crippen LogP contribution is -2.49. The normalized spacial score (nSPS) is 18.1. The summed E-state index contributed by atoms with van der Waals surface area (Å²) < 4.78 is 29.4. The average Bonchev–Trinajstić information content (AvgIpc) is 3.21. The molecule has 1 atom stereocenters. The second-order valence-corrected chi connectivity index (χ2v) is 8.73. The summed E-state index contributed by atoms with van der Waals surface area (Å²) in [6.45, 7) is -0.171. The Bertz CT molecular complexity index is 1420. The van der Waals surface area contributed by atoms with Gasteiger partial charge in [-0.2, -0.15) is 0 Å². The number of methoxy groups -OCH3 is 1. The number of nitrogens with two attached hydrogens (primary N) is 1. The maximum absolute atomic E-state index is 12.6. The number of aromatic nitrogens is 1. The molecule has 1 saturated heterocycles.